The van der Waals surface area contributed by atoms with Crippen molar-refractivity contribution < 1.29 is 9.59 Å². The summed E-state index contributed by atoms with van der Waals surface area (Å²) in [6.45, 7) is 5.34. The summed E-state index contributed by atoms with van der Waals surface area (Å²) in [4.78, 5) is 27.5. The van der Waals surface area contributed by atoms with Crippen LogP contribution < -0.4 is 10.6 Å². The molecular weight excluding hydrogens is 270 g/mol. The molecule has 110 valence electrons. The van der Waals surface area contributed by atoms with Gasteiger partial charge in [0.25, 0.3) is 5.91 Å². The van der Waals surface area contributed by atoms with Gasteiger partial charge >= 0.3 is 0 Å². The van der Waals surface area contributed by atoms with Gasteiger partial charge in [-0.25, -0.2) is 4.98 Å². The molecule has 1 heterocycles. The van der Waals surface area contributed by atoms with Crippen LogP contribution in [0.15, 0.2) is 24.3 Å². The minimum absolute atomic E-state index is 0.0733. The van der Waals surface area contributed by atoms with E-state index in [2.05, 4.69) is 25.8 Å². The third-order valence-corrected chi connectivity index (χ3v) is 2.71. The quantitative estimate of drug-likeness (QED) is 0.800. The molecule has 2 aromatic rings. The van der Waals surface area contributed by atoms with Crippen molar-refractivity contribution >= 4 is 23.2 Å². The van der Waals surface area contributed by atoms with Gasteiger partial charge in [-0.1, -0.05) is 19.9 Å². The monoisotopic (exact) mass is 287 g/mol. The van der Waals surface area contributed by atoms with Gasteiger partial charge in [0.05, 0.1) is 0 Å². The van der Waals surface area contributed by atoms with Crippen molar-refractivity contribution in [1.82, 2.24) is 15.2 Å². The van der Waals surface area contributed by atoms with Gasteiger partial charge < -0.3 is 10.6 Å². The number of hydrogen-bond acceptors (Lipinski definition) is 4. The SMILES string of the molecule is Cc1nc(C(=O)Nc2cccc(NC(=O)C(C)C)c2)n[nH]1. The van der Waals surface area contributed by atoms with Crippen molar-refractivity contribution in [3.8, 4) is 0 Å². The van der Waals surface area contributed by atoms with Gasteiger partial charge in [0.2, 0.25) is 11.7 Å². The number of anilines is 2. The van der Waals surface area contributed by atoms with Gasteiger partial charge in [-0.05, 0) is 25.1 Å². The Balaban J connectivity index is 2.07. The largest absolute Gasteiger partial charge is 0.326 e. The first-order valence-electron chi connectivity index (χ1n) is 6.57. The highest BCUT2D eigenvalue weighted by molar-refractivity contribution is 6.02. The fraction of sp³-hybridized carbons (Fsp3) is 0.286. The molecule has 0 atom stereocenters. The van der Waals surface area contributed by atoms with E-state index in [0.29, 0.717) is 17.2 Å². The number of benzene rings is 1. The second-order valence-corrected chi connectivity index (χ2v) is 4.92. The molecule has 7 nitrogen and oxygen atoms in total. The van der Waals surface area contributed by atoms with E-state index in [1.807, 2.05) is 13.8 Å². The van der Waals surface area contributed by atoms with E-state index < -0.39 is 5.91 Å². The molecule has 2 rings (SSSR count). The van der Waals surface area contributed by atoms with Crippen molar-refractivity contribution in [2.75, 3.05) is 10.6 Å². The lowest BCUT2D eigenvalue weighted by molar-refractivity contribution is -0.118. The Labute approximate surface area is 122 Å². The van der Waals surface area contributed by atoms with Crippen LogP contribution in [0.2, 0.25) is 0 Å². The van der Waals surface area contributed by atoms with Crippen LogP contribution in [0.4, 0.5) is 11.4 Å². The molecule has 1 aromatic heterocycles. The fourth-order valence-electron chi connectivity index (χ4n) is 1.59. The molecule has 0 aliphatic rings. The number of amides is 2. The maximum absolute atomic E-state index is 11.9. The summed E-state index contributed by atoms with van der Waals surface area (Å²) in [5, 5.41) is 11.8. The van der Waals surface area contributed by atoms with Crippen LogP contribution in [0.25, 0.3) is 0 Å². The Bertz CT molecular complexity index is 663. The van der Waals surface area contributed by atoms with Gasteiger partial charge in [0.15, 0.2) is 0 Å². The topological polar surface area (TPSA) is 99.8 Å². The van der Waals surface area contributed by atoms with Crippen molar-refractivity contribution in [2.24, 2.45) is 5.92 Å². The molecule has 0 radical (unpaired) electrons. The highest BCUT2D eigenvalue weighted by Crippen LogP contribution is 2.16. The number of carbonyl (C=O) groups is 2. The maximum atomic E-state index is 11.9. The first kappa shape index (κ1) is 14.7. The highest BCUT2D eigenvalue weighted by Gasteiger charge is 2.12. The molecule has 0 unspecified atom stereocenters. The Morgan fingerprint density at radius 1 is 1.19 bits per heavy atom. The van der Waals surface area contributed by atoms with E-state index in [-0.39, 0.29) is 17.6 Å². The lowest BCUT2D eigenvalue weighted by Crippen LogP contribution is -2.18. The third-order valence-electron chi connectivity index (χ3n) is 2.71. The minimum atomic E-state index is -0.410. The molecule has 3 N–H and O–H groups in total. The van der Waals surface area contributed by atoms with Gasteiger partial charge in [0, 0.05) is 17.3 Å². The van der Waals surface area contributed by atoms with E-state index in [1.165, 1.54) is 0 Å². The molecule has 2 amide bonds. The van der Waals surface area contributed by atoms with Gasteiger partial charge in [-0.2, -0.15) is 0 Å². The summed E-state index contributed by atoms with van der Waals surface area (Å²) in [5.41, 5.74) is 1.18. The maximum Gasteiger partial charge on any atom is 0.295 e. The standard InChI is InChI=1S/C14H17N5O2/c1-8(2)13(20)16-10-5-4-6-11(7-10)17-14(21)12-15-9(3)18-19-12/h4-8H,1-3H3,(H,16,20)(H,17,21)(H,15,18,19). The summed E-state index contributed by atoms with van der Waals surface area (Å²) in [7, 11) is 0. The zero-order chi connectivity index (χ0) is 15.4. The Kier molecular flexibility index (Phi) is 4.32. The molecule has 0 saturated carbocycles. The van der Waals surface area contributed by atoms with Crippen LogP contribution in [0.5, 0.6) is 0 Å². The predicted octanol–water partition coefficient (Wildman–Crippen LogP) is 1.96. The van der Waals surface area contributed by atoms with Crippen molar-refractivity contribution in [1.29, 1.82) is 0 Å². The van der Waals surface area contributed by atoms with E-state index in [0.717, 1.165) is 0 Å². The van der Waals surface area contributed by atoms with Crippen LogP contribution in [0.1, 0.15) is 30.3 Å². The first-order chi connectivity index (χ1) is 9.95. The molecule has 0 aliphatic carbocycles. The molecule has 0 fully saturated rings. The van der Waals surface area contributed by atoms with Gasteiger partial charge in [-0.15, -0.1) is 5.10 Å². The van der Waals surface area contributed by atoms with E-state index in [1.54, 1.807) is 31.2 Å². The highest BCUT2D eigenvalue weighted by atomic mass is 16.2. The van der Waals surface area contributed by atoms with Crippen molar-refractivity contribution in [3.05, 3.63) is 35.9 Å². The van der Waals surface area contributed by atoms with Gasteiger partial charge in [-0.3, -0.25) is 14.7 Å². The van der Waals surface area contributed by atoms with Crippen LogP contribution in [0.3, 0.4) is 0 Å². The van der Waals surface area contributed by atoms with Crippen LogP contribution in [-0.2, 0) is 4.79 Å². The number of aromatic amines is 1. The molecule has 0 aliphatic heterocycles. The number of rotatable bonds is 4. The smallest absolute Gasteiger partial charge is 0.295 e. The Hall–Kier alpha value is -2.70. The summed E-state index contributed by atoms with van der Waals surface area (Å²) < 4.78 is 0. The minimum Gasteiger partial charge on any atom is -0.326 e. The van der Waals surface area contributed by atoms with Crippen LogP contribution in [0, 0.1) is 12.8 Å². The van der Waals surface area contributed by atoms with Crippen molar-refractivity contribution in [3.63, 3.8) is 0 Å². The number of aromatic nitrogens is 3. The molecule has 0 spiro atoms. The summed E-state index contributed by atoms with van der Waals surface area (Å²) in [5.74, 6) is 0.0384. The Morgan fingerprint density at radius 3 is 2.43 bits per heavy atom. The summed E-state index contributed by atoms with van der Waals surface area (Å²) in [6, 6.07) is 6.90. The van der Waals surface area contributed by atoms with Crippen LogP contribution in [-0.4, -0.2) is 27.0 Å². The zero-order valence-corrected chi connectivity index (χ0v) is 12.1. The third kappa shape index (κ3) is 3.88. The summed E-state index contributed by atoms with van der Waals surface area (Å²) >= 11 is 0. The number of hydrogen-bond donors (Lipinski definition) is 3. The second kappa shape index (κ2) is 6.17. The molecular formula is C14H17N5O2. The molecule has 7 heteroatoms. The molecule has 1 aromatic carbocycles. The van der Waals surface area contributed by atoms with E-state index >= 15 is 0 Å². The number of H-pyrrole nitrogens is 1. The number of nitrogens with zero attached hydrogens (tertiary/aromatic N) is 2. The number of aryl methyl sites for hydroxylation is 1. The van der Waals surface area contributed by atoms with Crippen molar-refractivity contribution in [2.45, 2.75) is 20.8 Å². The average Bonchev–Trinajstić information content (AvgIpc) is 2.86. The lowest BCUT2D eigenvalue weighted by atomic mass is 10.2. The molecule has 0 saturated heterocycles. The molecule has 21 heavy (non-hydrogen) atoms. The van der Waals surface area contributed by atoms with Crippen LogP contribution >= 0.6 is 0 Å². The zero-order valence-electron chi connectivity index (χ0n) is 12.1. The fourth-order valence-corrected chi connectivity index (χ4v) is 1.59. The lowest BCUT2D eigenvalue weighted by Gasteiger charge is -2.09. The summed E-state index contributed by atoms with van der Waals surface area (Å²) in [6.07, 6.45) is 0. The normalized spacial score (nSPS) is 10.5. The van der Waals surface area contributed by atoms with Gasteiger partial charge in [0.1, 0.15) is 5.82 Å². The Morgan fingerprint density at radius 2 is 1.86 bits per heavy atom. The number of carbonyl (C=O) groups excluding carboxylic acids is 2. The molecule has 0 bridgehead atoms. The average molecular weight is 287 g/mol. The van der Waals surface area contributed by atoms with E-state index in [4.69, 9.17) is 0 Å². The first-order valence-corrected chi connectivity index (χ1v) is 6.57. The number of nitrogens with one attached hydrogen (secondary N) is 3. The van der Waals surface area contributed by atoms with E-state index in [9.17, 15) is 9.59 Å². The predicted molar refractivity (Wildman–Crippen MR) is 79.0 cm³/mol. The second-order valence-electron chi connectivity index (χ2n) is 4.92.